The fraction of sp³-hybridized carbons (Fsp3) is 0.556. The number of carbonyl (C=O) groups excluding carboxylic acids is 2. The van der Waals surface area contributed by atoms with Gasteiger partial charge in [-0.15, -0.1) is 0 Å². The minimum Gasteiger partial charge on any atom is -0.342 e. The summed E-state index contributed by atoms with van der Waals surface area (Å²) in [5.41, 5.74) is 0.481. The maximum atomic E-state index is 13.9. The van der Waals surface area contributed by atoms with Crippen LogP contribution in [0.4, 0.5) is 4.39 Å². The van der Waals surface area contributed by atoms with E-state index in [4.69, 9.17) is 0 Å². The highest BCUT2D eigenvalue weighted by atomic mass is 79.9. The van der Waals surface area contributed by atoms with Gasteiger partial charge in [0, 0.05) is 43.1 Å². The number of rotatable bonds is 5. The van der Waals surface area contributed by atoms with Gasteiger partial charge in [-0.25, -0.2) is 4.39 Å². The number of hydrogen-bond donors (Lipinski definition) is 0. The number of piperidine rings is 1. The zero-order chi connectivity index (χ0) is 17.7. The average Bonchev–Trinajstić information content (AvgIpc) is 2.57. The summed E-state index contributed by atoms with van der Waals surface area (Å²) in [7, 11) is 1.69. The minimum absolute atomic E-state index is 0.0247. The largest absolute Gasteiger partial charge is 0.342 e. The maximum absolute atomic E-state index is 13.9. The summed E-state index contributed by atoms with van der Waals surface area (Å²) >= 11 is 3.32. The first-order valence-electron chi connectivity index (χ1n) is 8.39. The molecule has 0 aliphatic carbocycles. The fourth-order valence-electron chi connectivity index (χ4n) is 3.09. The zero-order valence-corrected chi connectivity index (χ0v) is 15.8. The van der Waals surface area contributed by atoms with E-state index < -0.39 is 0 Å². The first-order chi connectivity index (χ1) is 11.4. The summed E-state index contributed by atoms with van der Waals surface area (Å²) in [6.07, 6.45) is 2.96. The van der Waals surface area contributed by atoms with Crippen molar-refractivity contribution in [2.24, 2.45) is 5.92 Å². The molecule has 6 heteroatoms. The van der Waals surface area contributed by atoms with Gasteiger partial charge in [0.2, 0.25) is 11.8 Å². The Hall–Kier alpha value is -1.43. The lowest BCUT2D eigenvalue weighted by atomic mass is 9.96. The maximum Gasteiger partial charge on any atom is 0.227 e. The molecule has 1 aliphatic rings. The van der Waals surface area contributed by atoms with Crippen molar-refractivity contribution in [1.29, 1.82) is 0 Å². The second kappa shape index (κ2) is 8.60. The molecule has 1 atom stereocenters. The predicted octanol–water partition coefficient (Wildman–Crippen LogP) is 3.59. The van der Waals surface area contributed by atoms with Gasteiger partial charge in [-0.1, -0.05) is 22.9 Å². The van der Waals surface area contributed by atoms with Crippen LogP contribution in [0.2, 0.25) is 0 Å². The van der Waals surface area contributed by atoms with Crippen LogP contribution >= 0.6 is 15.9 Å². The van der Waals surface area contributed by atoms with Crippen molar-refractivity contribution in [2.45, 2.75) is 39.2 Å². The third-order valence-electron chi connectivity index (χ3n) is 4.38. The molecule has 0 saturated carbocycles. The fourth-order valence-corrected chi connectivity index (χ4v) is 3.50. The molecule has 2 amide bonds. The van der Waals surface area contributed by atoms with Crippen molar-refractivity contribution in [1.82, 2.24) is 9.80 Å². The third kappa shape index (κ3) is 4.79. The van der Waals surface area contributed by atoms with Crippen molar-refractivity contribution >= 4 is 27.7 Å². The summed E-state index contributed by atoms with van der Waals surface area (Å²) in [5.74, 6) is -0.417. The average molecular weight is 399 g/mol. The summed E-state index contributed by atoms with van der Waals surface area (Å²) in [6, 6.07) is 4.72. The van der Waals surface area contributed by atoms with Crippen molar-refractivity contribution in [3.63, 3.8) is 0 Å². The molecular weight excluding hydrogens is 375 g/mol. The quantitative estimate of drug-likeness (QED) is 0.760. The molecule has 0 bridgehead atoms. The minimum atomic E-state index is -0.318. The molecule has 1 unspecified atom stereocenters. The van der Waals surface area contributed by atoms with Crippen LogP contribution in [0.1, 0.15) is 38.2 Å². The molecule has 0 spiro atoms. The lowest BCUT2D eigenvalue weighted by molar-refractivity contribution is -0.140. The van der Waals surface area contributed by atoms with Gasteiger partial charge in [0.1, 0.15) is 5.82 Å². The van der Waals surface area contributed by atoms with Crippen molar-refractivity contribution < 1.29 is 14.0 Å². The summed E-state index contributed by atoms with van der Waals surface area (Å²) in [5, 5.41) is 0. The van der Waals surface area contributed by atoms with E-state index in [1.165, 1.54) is 6.07 Å². The molecule has 1 heterocycles. The third-order valence-corrected chi connectivity index (χ3v) is 4.87. The number of nitrogens with zero attached hydrogens (tertiary/aromatic N) is 2. The number of hydrogen-bond acceptors (Lipinski definition) is 2. The van der Waals surface area contributed by atoms with Gasteiger partial charge in [-0.2, -0.15) is 0 Å². The van der Waals surface area contributed by atoms with Crippen LogP contribution in [0, 0.1) is 11.7 Å². The van der Waals surface area contributed by atoms with Gasteiger partial charge in [0.25, 0.3) is 0 Å². The Labute approximate surface area is 151 Å². The van der Waals surface area contributed by atoms with Gasteiger partial charge in [-0.3, -0.25) is 9.59 Å². The summed E-state index contributed by atoms with van der Waals surface area (Å²) < 4.78 is 14.7. The monoisotopic (exact) mass is 398 g/mol. The molecule has 1 fully saturated rings. The van der Waals surface area contributed by atoms with Crippen molar-refractivity contribution in [3.8, 4) is 0 Å². The highest BCUT2D eigenvalue weighted by molar-refractivity contribution is 9.10. The second-order valence-corrected chi connectivity index (χ2v) is 7.27. The first-order valence-corrected chi connectivity index (χ1v) is 9.18. The highest BCUT2D eigenvalue weighted by Crippen LogP contribution is 2.22. The van der Waals surface area contributed by atoms with Gasteiger partial charge in [0.05, 0.1) is 5.92 Å². The van der Waals surface area contributed by atoms with Gasteiger partial charge >= 0.3 is 0 Å². The van der Waals surface area contributed by atoms with E-state index in [2.05, 4.69) is 15.9 Å². The molecule has 4 nitrogen and oxygen atoms in total. The Kier molecular flexibility index (Phi) is 6.78. The lowest BCUT2D eigenvalue weighted by Crippen LogP contribution is -2.45. The number of likely N-dealkylation sites (tertiary alicyclic amines) is 1. The van der Waals surface area contributed by atoms with E-state index in [-0.39, 0.29) is 30.1 Å². The summed E-state index contributed by atoms with van der Waals surface area (Å²) in [6.45, 7) is 3.41. The number of amides is 2. The first kappa shape index (κ1) is 18.9. The van der Waals surface area contributed by atoms with E-state index in [9.17, 15) is 14.0 Å². The van der Waals surface area contributed by atoms with Crippen LogP contribution in [0.25, 0.3) is 0 Å². The standard InChI is InChI=1S/C18H24BrFN2O2/c1-3-5-17(23)22-9-4-6-13(12-22)18(24)21(2)11-14-10-15(19)7-8-16(14)20/h7-8,10,13H,3-6,9,11-12H2,1-2H3. The number of benzene rings is 1. The molecule has 2 rings (SSSR count). The molecular formula is C18H24BrFN2O2. The van der Waals surface area contributed by atoms with Gasteiger partial charge in [-0.05, 0) is 37.5 Å². The van der Waals surface area contributed by atoms with E-state index >= 15 is 0 Å². The molecule has 0 radical (unpaired) electrons. The second-order valence-electron chi connectivity index (χ2n) is 6.36. The normalized spacial score (nSPS) is 17.7. The molecule has 132 valence electrons. The van der Waals surface area contributed by atoms with E-state index in [1.807, 2.05) is 6.92 Å². The highest BCUT2D eigenvalue weighted by Gasteiger charge is 2.30. The Morgan fingerprint density at radius 3 is 2.88 bits per heavy atom. The molecule has 1 aromatic rings. The van der Waals surface area contributed by atoms with Crippen molar-refractivity contribution in [3.05, 3.63) is 34.1 Å². The smallest absolute Gasteiger partial charge is 0.227 e. The molecule has 1 aliphatic heterocycles. The Balaban J connectivity index is 1.99. The molecule has 1 aromatic carbocycles. The molecule has 24 heavy (non-hydrogen) atoms. The predicted molar refractivity (Wildman–Crippen MR) is 94.8 cm³/mol. The van der Waals surface area contributed by atoms with Crippen LogP contribution in [0.3, 0.4) is 0 Å². The topological polar surface area (TPSA) is 40.6 Å². The SMILES string of the molecule is CCCC(=O)N1CCCC(C(=O)N(C)Cc2cc(Br)ccc2F)C1. The zero-order valence-electron chi connectivity index (χ0n) is 14.2. The van der Waals surface area contributed by atoms with Crippen molar-refractivity contribution in [2.75, 3.05) is 20.1 Å². The van der Waals surface area contributed by atoms with Gasteiger partial charge < -0.3 is 9.80 Å². The van der Waals surface area contributed by atoms with Gasteiger partial charge in [0.15, 0.2) is 0 Å². The van der Waals surface area contributed by atoms with Crippen LogP contribution in [0.15, 0.2) is 22.7 Å². The van der Waals surface area contributed by atoms with Crippen LogP contribution in [-0.2, 0) is 16.1 Å². The Morgan fingerprint density at radius 2 is 2.17 bits per heavy atom. The number of halogens is 2. The van der Waals surface area contributed by atoms with Crippen LogP contribution in [0.5, 0.6) is 0 Å². The van der Waals surface area contributed by atoms with E-state index in [1.54, 1.807) is 29.0 Å². The van der Waals surface area contributed by atoms with E-state index in [0.29, 0.717) is 18.5 Å². The number of carbonyl (C=O) groups is 2. The molecule has 0 N–H and O–H groups in total. The lowest BCUT2D eigenvalue weighted by Gasteiger charge is -2.34. The van der Waals surface area contributed by atoms with Crippen LogP contribution in [-0.4, -0.2) is 41.8 Å². The molecule has 1 saturated heterocycles. The Morgan fingerprint density at radius 1 is 1.42 bits per heavy atom. The van der Waals surface area contributed by atoms with Crippen LogP contribution < -0.4 is 0 Å². The molecule has 0 aromatic heterocycles. The summed E-state index contributed by atoms with van der Waals surface area (Å²) in [4.78, 5) is 28.1. The van der Waals surface area contributed by atoms with E-state index in [0.717, 1.165) is 30.3 Å². The Bertz CT molecular complexity index is 609.